The van der Waals surface area contributed by atoms with Gasteiger partial charge >= 0.3 is 0 Å². The number of hydrogen-bond acceptors (Lipinski definition) is 5. The van der Waals surface area contributed by atoms with Gasteiger partial charge < -0.3 is 15.1 Å². The van der Waals surface area contributed by atoms with Crippen molar-refractivity contribution in [3.05, 3.63) is 53.2 Å². The predicted molar refractivity (Wildman–Crippen MR) is 120 cm³/mol. The molecule has 1 fully saturated rings. The molecule has 0 bridgehead atoms. The van der Waals surface area contributed by atoms with Crippen LogP contribution in [0.2, 0.25) is 0 Å². The van der Waals surface area contributed by atoms with Gasteiger partial charge in [-0.05, 0) is 36.5 Å². The Morgan fingerprint density at radius 3 is 2.55 bits per heavy atom. The topological polar surface area (TPSA) is 61.4 Å². The number of carbonyl (C=O) groups excluding carboxylic acids is 1. The van der Waals surface area contributed by atoms with Gasteiger partial charge in [-0.2, -0.15) is 0 Å². The number of rotatable bonds is 6. The van der Waals surface area contributed by atoms with Crippen LogP contribution in [0.5, 0.6) is 0 Å². The zero-order valence-corrected chi connectivity index (χ0v) is 18.6. The highest BCUT2D eigenvalue weighted by atomic mass is 19.1. The number of aryl methyl sites for hydroxylation is 1. The first-order valence-electron chi connectivity index (χ1n) is 11.3. The lowest BCUT2D eigenvalue weighted by Crippen LogP contribution is -2.51. The maximum Gasteiger partial charge on any atom is 0.231 e. The van der Waals surface area contributed by atoms with Crippen molar-refractivity contribution in [1.82, 2.24) is 20.2 Å². The first kappa shape index (κ1) is 21.7. The molecule has 2 aromatic rings. The second-order valence-electron chi connectivity index (χ2n) is 8.98. The van der Waals surface area contributed by atoms with E-state index in [9.17, 15) is 9.18 Å². The Kier molecular flexibility index (Phi) is 6.51. The van der Waals surface area contributed by atoms with Gasteiger partial charge in [0.1, 0.15) is 18.0 Å². The molecule has 1 aromatic carbocycles. The maximum atomic E-state index is 13.4. The van der Waals surface area contributed by atoms with Gasteiger partial charge in [0.25, 0.3) is 0 Å². The van der Waals surface area contributed by atoms with Crippen LogP contribution >= 0.6 is 0 Å². The van der Waals surface area contributed by atoms with Crippen LogP contribution in [0.4, 0.5) is 10.2 Å². The molecule has 1 aromatic heterocycles. The average molecular weight is 426 g/mol. The molecule has 31 heavy (non-hydrogen) atoms. The van der Waals surface area contributed by atoms with Crippen LogP contribution in [0, 0.1) is 5.82 Å². The highest BCUT2D eigenvalue weighted by Gasteiger charge is 2.32. The van der Waals surface area contributed by atoms with E-state index >= 15 is 0 Å². The van der Waals surface area contributed by atoms with Crippen molar-refractivity contribution >= 4 is 11.7 Å². The molecular weight excluding hydrogens is 393 g/mol. The van der Waals surface area contributed by atoms with Gasteiger partial charge in [0.15, 0.2) is 0 Å². The molecule has 1 N–H and O–H groups in total. The van der Waals surface area contributed by atoms with E-state index < -0.39 is 0 Å². The Bertz CT molecular complexity index is 909. The lowest BCUT2D eigenvalue weighted by atomic mass is 9.96. The lowest BCUT2D eigenvalue weighted by Gasteiger charge is -2.38. The van der Waals surface area contributed by atoms with Gasteiger partial charge in [-0.15, -0.1) is 0 Å². The highest BCUT2D eigenvalue weighted by molar-refractivity contribution is 5.84. The SMILES string of the molecule is CC(C)NC[C@@H](C(=O)N1CCN(c2ncnc3c2[C@H](C)CC3)CC1)c1ccc(F)cc1. The molecule has 4 rings (SSSR count). The molecule has 2 heterocycles. The number of aromatic nitrogens is 2. The van der Waals surface area contributed by atoms with Gasteiger partial charge in [-0.3, -0.25) is 4.79 Å². The minimum atomic E-state index is -0.321. The second-order valence-corrected chi connectivity index (χ2v) is 8.98. The van der Waals surface area contributed by atoms with Crippen molar-refractivity contribution in [2.24, 2.45) is 0 Å². The van der Waals surface area contributed by atoms with Crippen LogP contribution in [-0.2, 0) is 11.2 Å². The van der Waals surface area contributed by atoms with Crippen LogP contribution in [0.15, 0.2) is 30.6 Å². The fourth-order valence-corrected chi connectivity index (χ4v) is 4.63. The van der Waals surface area contributed by atoms with Crippen molar-refractivity contribution in [3.63, 3.8) is 0 Å². The fraction of sp³-hybridized carbons (Fsp3) is 0.542. The Morgan fingerprint density at radius 1 is 1.16 bits per heavy atom. The largest absolute Gasteiger partial charge is 0.353 e. The number of amides is 1. The van der Waals surface area contributed by atoms with Crippen molar-refractivity contribution in [2.45, 2.75) is 51.5 Å². The number of nitrogens with zero attached hydrogens (tertiary/aromatic N) is 4. The Labute approximate surface area is 183 Å². The molecule has 2 atom stereocenters. The minimum Gasteiger partial charge on any atom is -0.353 e. The number of fused-ring (bicyclic) bond motifs is 1. The van der Waals surface area contributed by atoms with E-state index in [0.29, 0.717) is 25.6 Å². The quantitative estimate of drug-likeness (QED) is 0.771. The van der Waals surface area contributed by atoms with Gasteiger partial charge in [0.2, 0.25) is 5.91 Å². The highest BCUT2D eigenvalue weighted by Crippen LogP contribution is 2.37. The number of nitrogens with one attached hydrogen (secondary N) is 1. The van der Waals surface area contributed by atoms with Crippen molar-refractivity contribution < 1.29 is 9.18 Å². The third-order valence-electron chi connectivity index (χ3n) is 6.44. The van der Waals surface area contributed by atoms with E-state index in [1.807, 2.05) is 4.90 Å². The van der Waals surface area contributed by atoms with E-state index in [1.165, 1.54) is 23.4 Å². The number of piperazine rings is 1. The van der Waals surface area contributed by atoms with Gasteiger partial charge in [-0.25, -0.2) is 14.4 Å². The normalized spacial score (nSPS) is 19.6. The lowest BCUT2D eigenvalue weighted by molar-refractivity contribution is -0.133. The molecule has 6 nitrogen and oxygen atoms in total. The second kappa shape index (κ2) is 9.30. The van der Waals surface area contributed by atoms with Crippen LogP contribution in [0.3, 0.4) is 0 Å². The zero-order valence-electron chi connectivity index (χ0n) is 18.6. The summed E-state index contributed by atoms with van der Waals surface area (Å²) in [4.78, 5) is 26.7. The summed E-state index contributed by atoms with van der Waals surface area (Å²) in [6.45, 7) is 9.74. The maximum absolute atomic E-state index is 13.4. The summed E-state index contributed by atoms with van der Waals surface area (Å²) in [5, 5.41) is 3.38. The van der Waals surface area contributed by atoms with E-state index in [-0.39, 0.29) is 23.7 Å². The first-order chi connectivity index (χ1) is 14.9. The summed E-state index contributed by atoms with van der Waals surface area (Å²) in [6, 6.07) is 6.58. The summed E-state index contributed by atoms with van der Waals surface area (Å²) in [6.07, 6.45) is 3.82. The fourth-order valence-electron chi connectivity index (χ4n) is 4.63. The summed E-state index contributed by atoms with van der Waals surface area (Å²) in [5.74, 6) is 1.01. The number of carbonyl (C=O) groups is 1. The molecule has 1 aliphatic carbocycles. The standard InChI is InChI=1S/C24H32FN5O/c1-16(2)26-14-20(18-5-7-19(25)8-6-18)24(31)30-12-10-29(11-13-30)23-22-17(3)4-9-21(22)27-15-28-23/h5-8,15-17,20,26H,4,9-14H2,1-3H3/t17-,20-/m1/s1. The number of halogens is 1. The Balaban J connectivity index is 1.46. The Morgan fingerprint density at radius 2 is 1.87 bits per heavy atom. The molecular formula is C24H32FN5O. The van der Waals surface area contributed by atoms with Crippen molar-refractivity contribution in [2.75, 3.05) is 37.6 Å². The van der Waals surface area contributed by atoms with E-state index in [0.717, 1.165) is 37.3 Å². The number of anilines is 1. The van der Waals surface area contributed by atoms with Crippen LogP contribution in [0.25, 0.3) is 0 Å². The zero-order chi connectivity index (χ0) is 22.0. The third kappa shape index (κ3) is 4.71. The van der Waals surface area contributed by atoms with Gasteiger partial charge in [0, 0.05) is 50.0 Å². The molecule has 0 unspecified atom stereocenters. The van der Waals surface area contributed by atoms with E-state index in [2.05, 4.69) is 41.0 Å². The molecule has 1 amide bonds. The predicted octanol–water partition coefficient (Wildman–Crippen LogP) is 3.10. The molecule has 1 saturated heterocycles. The van der Waals surface area contributed by atoms with E-state index in [4.69, 9.17) is 0 Å². The number of benzene rings is 1. The molecule has 7 heteroatoms. The average Bonchev–Trinajstić information content (AvgIpc) is 3.16. The van der Waals surface area contributed by atoms with Gasteiger partial charge in [0.05, 0.1) is 5.92 Å². The Hall–Kier alpha value is -2.54. The van der Waals surface area contributed by atoms with E-state index in [1.54, 1.807) is 18.5 Å². The van der Waals surface area contributed by atoms with Crippen molar-refractivity contribution in [3.8, 4) is 0 Å². The molecule has 2 aliphatic rings. The summed E-state index contributed by atoms with van der Waals surface area (Å²) >= 11 is 0. The third-order valence-corrected chi connectivity index (χ3v) is 6.44. The summed E-state index contributed by atoms with van der Waals surface area (Å²) in [7, 11) is 0. The monoisotopic (exact) mass is 425 g/mol. The molecule has 1 aliphatic heterocycles. The number of hydrogen-bond donors (Lipinski definition) is 1. The first-order valence-corrected chi connectivity index (χ1v) is 11.3. The smallest absolute Gasteiger partial charge is 0.231 e. The molecule has 0 spiro atoms. The molecule has 0 radical (unpaired) electrons. The summed E-state index contributed by atoms with van der Waals surface area (Å²) < 4.78 is 13.4. The minimum absolute atomic E-state index is 0.0979. The van der Waals surface area contributed by atoms with Gasteiger partial charge in [-0.1, -0.05) is 32.9 Å². The molecule has 166 valence electrons. The van der Waals surface area contributed by atoms with Crippen LogP contribution in [-0.4, -0.2) is 59.5 Å². The summed E-state index contributed by atoms with van der Waals surface area (Å²) in [5.41, 5.74) is 3.31. The van der Waals surface area contributed by atoms with Crippen molar-refractivity contribution in [1.29, 1.82) is 0 Å². The molecule has 0 saturated carbocycles. The van der Waals surface area contributed by atoms with Crippen LogP contribution in [0.1, 0.15) is 55.8 Å². The van der Waals surface area contributed by atoms with Crippen LogP contribution < -0.4 is 10.2 Å².